The summed E-state index contributed by atoms with van der Waals surface area (Å²) in [6, 6.07) is 10.1. The minimum atomic E-state index is 0.459. The summed E-state index contributed by atoms with van der Waals surface area (Å²) >= 11 is 3.46. The predicted octanol–water partition coefficient (Wildman–Crippen LogP) is 3.23. The van der Waals surface area contributed by atoms with Crippen molar-refractivity contribution >= 4 is 27.8 Å². The summed E-state index contributed by atoms with van der Waals surface area (Å²) in [6.07, 6.45) is 11.9. The molecule has 2 aliphatic heterocycles. The van der Waals surface area contributed by atoms with Gasteiger partial charge in [-0.25, -0.2) is 10.4 Å². The zero-order chi connectivity index (χ0) is 17.4. The van der Waals surface area contributed by atoms with E-state index in [1.54, 1.807) is 0 Å². The molecule has 4 rings (SSSR count). The van der Waals surface area contributed by atoms with Crippen molar-refractivity contribution in [3.05, 3.63) is 77.5 Å². The highest BCUT2D eigenvalue weighted by atomic mass is 79.9. The molecule has 0 bridgehead atoms. The van der Waals surface area contributed by atoms with Gasteiger partial charge in [0, 0.05) is 18.9 Å². The van der Waals surface area contributed by atoms with Crippen molar-refractivity contribution in [3.63, 3.8) is 0 Å². The highest BCUT2D eigenvalue weighted by Gasteiger charge is 2.35. The van der Waals surface area contributed by atoms with Crippen molar-refractivity contribution in [3.8, 4) is 5.69 Å². The number of para-hydroxylation sites is 1. The molecule has 0 fully saturated rings. The number of nitrogens with zero attached hydrogens (tertiary/aromatic N) is 5. The van der Waals surface area contributed by atoms with Crippen LogP contribution >= 0.6 is 15.9 Å². The van der Waals surface area contributed by atoms with Crippen LogP contribution in [0.2, 0.25) is 0 Å². The largest absolute Gasteiger partial charge is 0.346 e. The number of aromatic nitrogens is 2. The second-order valence-corrected chi connectivity index (χ2v) is 6.91. The lowest BCUT2D eigenvalue weighted by Crippen LogP contribution is -2.48. The third kappa shape index (κ3) is 3.04. The van der Waals surface area contributed by atoms with E-state index in [-0.39, 0.29) is 0 Å². The SMILES string of the molecule is CN1C=C[N+]2(C)NC(/C=C/c3nc(Br)cn3-c3ccccc3)=NC2=C1. The number of nitrogens with one attached hydrogen (secondary N) is 1. The van der Waals surface area contributed by atoms with Crippen LogP contribution in [0.5, 0.6) is 0 Å². The summed E-state index contributed by atoms with van der Waals surface area (Å²) in [5.41, 5.74) is 4.46. The van der Waals surface area contributed by atoms with Crippen LogP contribution in [0.4, 0.5) is 0 Å². The van der Waals surface area contributed by atoms with E-state index in [1.165, 1.54) is 0 Å². The van der Waals surface area contributed by atoms with E-state index in [9.17, 15) is 0 Å². The fraction of sp³-hybridized carbons (Fsp3) is 0.111. The van der Waals surface area contributed by atoms with Crippen LogP contribution in [0.1, 0.15) is 5.82 Å². The van der Waals surface area contributed by atoms with Crippen molar-refractivity contribution in [1.82, 2.24) is 19.9 Å². The van der Waals surface area contributed by atoms with Gasteiger partial charge in [0.2, 0.25) is 0 Å². The maximum Gasteiger partial charge on any atom is 0.275 e. The Morgan fingerprint density at radius 3 is 2.80 bits per heavy atom. The topological polar surface area (TPSA) is 45.5 Å². The summed E-state index contributed by atoms with van der Waals surface area (Å²) in [5, 5.41) is 0. The molecule has 126 valence electrons. The first-order valence-electron chi connectivity index (χ1n) is 7.89. The van der Waals surface area contributed by atoms with Crippen molar-refractivity contribution in [2.24, 2.45) is 4.99 Å². The third-order valence-corrected chi connectivity index (χ3v) is 4.49. The highest BCUT2D eigenvalue weighted by molar-refractivity contribution is 9.10. The first kappa shape index (κ1) is 15.9. The monoisotopic (exact) mass is 397 g/mol. The Labute approximate surface area is 154 Å². The predicted molar refractivity (Wildman–Crippen MR) is 102 cm³/mol. The molecule has 1 aromatic heterocycles. The zero-order valence-corrected chi connectivity index (χ0v) is 15.6. The molecule has 2 aromatic rings. The molecule has 0 saturated heterocycles. The molecular weight excluding hydrogens is 380 g/mol. The molecule has 25 heavy (non-hydrogen) atoms. The third-order valence-electron chi connectivity index (χ3n) is 4.11. The number of hydrogen-bond donors (Lipinski definition) is 1. The maximum absolute atomic E-state index is 4.67. The van der Waals surface area contributed by atoms with Gasteiger partial charge in [0.1, 0.15) is 23.7 Å². The Kier molecular flexibility index (Phi) is 3.82. The molecular formula is C18H18BrN6+. The molecule has 1 atom stereocenters. The van der Waals surface area contributed by atoms with Gasteiger partial charge in [0.05, 0.1) is 12.4 Å². The number of imidazole rings is 1. The molecule has 7 heteroatoms. The smallest absolute Gasteiger partial charge is 0.275 e. The molecule has 1 N–H and O–H groups in total. The van der Waals surface area contributed by atoms with Crippen LogP contribution in [0, 0.1) is 0 Å². The zero-order valence-electron chi connectivity index (χ0n) is 14.0. The van der Waals surface area contributed by atoms with Crippen LogP contribution in [0.15, 0.2) is 76.6 Å². The van der Waals surface area contributed by atoms with E-state index in [1.807, 2.05) is 65.5 Å². The average Bonchev–Trinajstić information content (AvgIpc) is 3.13. The van der Waals surface area contributed by atoms with Gasteiger partial charge >= 0.3 is 0 Å². The summed E-state index contributed by atoms with van der Waals surface area (Å²) in [7, 11) is 4.05. The molecule has 0 spiro atoms. The second kappa shape index (κ2) is 6.02. The number of aliphatic imine (C=N–C) groups is 1. The average molecular weight is 398 g/mol. The van der Waals surface area contributed by atoms with Gasteiger partial charge in [0.15, 0.2) is 5.84 Å². The molecule has 2 aliphatic rings. The van der Waals surface area contributed by atoms with Crippen LogP contribution < -0.4 is 5.43 Å². The summed E-state index contributed by atoms with van der Waals surface area (Å²) < 4.78 is 3.29. The Balaban J connectivity index is 1.63. The molecule has 0 amide bonds. The van der Waals surface area contributed by atoms with Gasteiger partial charge < -0.3 is 4.90 Å². The molecule has 6 nitrogen and oxygen atoms in total. The summed E-state index contributed by atoms with van der Waals surface area (Å²) in [5.74, 6) is 2.57. The number of benzene rings is 1. The van der Waals surface area contributed by atoms with E-state index < -0.39 is 0 Å². The number of fused-ring (bicyclic) bond motifs is 1. The standard InChI is InChI=1S/C18H18BrN6/c1-23-10-11-25(2)18(13-23)21-16(22-25)8-9-17-20-15(19)12-24(17)14-6-4-3-5-7-14/h3-13H,1-2H3,(H,21,22)/q+1/b9-8+. The molecule has 0 saturated carbocycles. The number of halogens is 1. The number of hydrogen-bond acceptors (Lipinski definition) is 4. The van der Waals surface area contributed by atoms with Crippen molar-refractivity contribution in [2.45, 2.75) is 0 Å². The summed E-state index contributed by atoms with van der Waals surface area (Å²) in [6.45, 7) is 0. The van der Waals surface area contributed by atoms with Crippen LogP contribution in [0.25, 0.3) is 11.8 Å². The van der Waals surface area contributed by atoms with E-state index >= 15 is 0 Å². The number of quaternary nitrogens is 1. The molecule has 3 heterocycles. The van der Waals surface area contributed by atoms with Gasteiger partial charge in [0.25, 0.3) is 5.82 Å². The summed E-state index contributed by atoms with van der Waals surface area (Å²) in [4.78, 5) is 11.2. The van der Waals surface area contributed by atoms with E-state index in [2.05, 4.69) is 56.7 Å². The lowest BCUT2D eigenvalue weighted by Gasteiger charge is -2.27. The first-order chi connectivity index (χ1) is 12.0. The van der Waals surface area contributed by atoms with Crippen LogP contribution in [0.3, 0.4) is 0 Å². The van der Waals surface area contributed by atoms with Gasteiger partial charge in [-0.2, -0.15) is 4.99 Å². The fourth-order valence-corrected chi connectivity index (χ4v) is 3.17. The Morgan fingerprint density at radius 2 is 2.00 bits per heavy atom. The molecule has 1 unspecified atom stereocenters. The lowest BCUT2D eigenvalue weighted by atomic mass is 10.3. The second-order valence-electron chi connectivity index (χ2n) is 6.10. The molecule has 0 radical (unpaired) electrons. The van der Waals surface area contributed by atoms with Crippen molar-refractivity contribution in [1.29, 1.82) is 0 Å². The van der Waals surface area contributed by atoms with Crippen molar-refractivity contribution in [2.75, 3.05) is 14.1 Å². The van der Waals surface area contributed by atoms with Crippen molar-refractivity contribution < 1.29 is 4.59 Å². The molecule has 1 aromatic carbocycles. The Bertz CT molecular complexity index is 924. The highest BCUT2D eigenvalue weighted by Crippen LogP contribution is 2.24. The maximum atomic E-state index is 4.67. The Morgan fingerprint density at radius 1 is 1.20 bits per heavy atom. The van der Waals surface area contributed by atoms with Gasteiger partial charge in [-0.1, -0.05) is 18.2 Å². The normalized spacial score (nSPS) is 22.0. The fourth-order valence-electron chi connectivity index (χ4n) is 2.78. The van der Waals surface area contributed by atoms with Gasteiger partial charge in [-0.05, 0) is 40.2 Å². The van der Waals surface area contributed by atoms with Gasteiger partial charge in [-0.15, -0.1) is 4.59 Å². The van der Waals surface area contributed by atoms with E-state index in [4.69, 9.17) is 0 Å². The van der Waals surface area contributed by atoms with Crippen LogP contribution in [-0.4, -0.2) is 39.0 Å². The van der Waals surface area contributed by atoms with E-state index in [0.717, 1.165) is 27.8 Å². The first-order valence-corrected chi connectivity index (χ1v) is 8.68. The lowest BCUT2D eigenvalue weighted by molar-refractivity contribution is -0.853. The quantitative estimate of drug-likeness (QED) is 0.808. The minimum absolute atomic E-state index is 0.459. The Hall–Kier alpha value is -2.64. The molecule has 0 aliphatic carbocycles. The van der Waals surface area contributed by atoms with E-state index in [0.29, 0.717) is 4.59 Å². The number of amidine groups is 1. The van der Waals surface area contributed by atoms with Gasteiger partial charge in [-0.3, -0.25) is 4.57 Å². The minimum Gasteiger partial charge on any atom is -0.346 e. The van der Waals surface area contributed by atoms with Crippen LogP contribution in [-0.2, 0) is 0 Å². The number of rotatable bonds is 3.